The Hall–Kier alpha value is -3.49. The Labute approximate surface area is 267 Å². The number of carbonyl (C=O) groups is 2. The lowest BCUT2D eigenvalue weighted by Crippen LogP contribution is -2.59. The molecule has 0 saturated heterocycles. The molecule has 0 heterocycles. The van der Waals surface area contributed by atoms with Gasteiger partial charge in [-0.1, -0.05) is 62.8 Å². The van der Waals surface area contributed by atoms with Gasteiger partial charge < -0.3 is 9.84 Å². The zero-order valence-electron chi connectivity index (χ0n) is 26.9. The quantitative estimate of drug-likeness (QED) is 0.268. The average molecular weight is 604 g/mol. The zero-order valence-corrected chi connectivity index (χ0v) is 26.9. The summed E-state index contributed by atoms with van der Waals surface area (Å²) < 4.78 is 5.47. The van der Waals surface area contributed by atoms with Gasteiger partial charge in [-0.05, 0) is 126 Å². The zero-order chi connectivity index (χ0) is 31.6. The highest BCUT2D eigenvalue weighted by Crippen LogP contribution is 2.73. The van der Waals surface area contributed by atoms with Gasteiger partial charge in [-0.15, -0.1) is 0 Å². The molecule has 2 aromatic carbocycles. The molecule has 3 fully saturated rings. The molecule has 5 aliphatic carbocycles. The first-order valence-corrected chi connectivity index (χ1v) is 17.0. The molecule has 45 heavy (non-hydrogen) atoms. The summed E-state index contributed by atoms with van der Waals surface area (Å²) in [4.78, 5) is 24.9. The largest absolute Gasteiger partial charge is 0.461 e. The number of nitriles is 1. The Bertz CT molecular complexity index is 1630. The number of benzene rings is 2. The summed E-state index contributed by atoms with van der Waals surface area (Å²) in [6.07, 6.45) is 13.4. The van der Waals surface area contributed by atoms with E-state index in [1.807, 2.05) is 56.3 Å². The van der Waals surface area contributed by atoms with Crippen LogP contribution in [0.5, 0.6) is 0 Å². The van der Waals surface area contributed by atoms with Crippen molar-refractivity contribution in [2.24, 2.45) is 34.5 Å². The third-order valence-electron chi connectivity index (χ3n) is 12.6. The Morgan fingerprint density at radius 1 is 1.11 bits per heavy atom. The number of nitrogens with zero attached hydrogens (tertiary/aromatic N) is 1. The van der Waals surface area contributed by atoms with Crippen LogP contribution in [0.1, 0.15) is 94.7 Å². The Balaban J connectivity index is 1.26. The van der Waals surface area contributed by atoms with Gasteiger partial charge in [-0.3, -0.25) is 9.59 Å². The second kappa shape index (κ2) is 11.1. The predicted octanol–water partition coefficient (Wildman–Crippen LogP) is 7.86. The minimum Gasteiger partial charge on any atom is -0.461 e. The first-order valence-electron chi connectivity index (χ1n) is 17.0. The number of rotatable bonds is 6. The van der Waals surface area contributed by atoms with E-state index >= 15 is 0 Å². The Morgan fingerprint density at radius 2 is 1.89 bits per heavy atom. The highest BCUT2D eigenvalue weighted by molar-refractivity contribution is 5.91. The maximum absolute atomic E-state index is 12.7. The minimum absolute atomic E-state index is 0.000271. The topological polar surface area (TPSA) is 87.4 Å². The van der Waals surface area contributed by atoms with E-state index in [2.05, 4.69) is 31.2 Å². The number of esters is 1. The smallest absolute Gasteiger partial charge is 0.306 e. The van der Waals surface area contributed by atoms with Crippen molar-refractivity contribution in [3.05, 3.63) is 83.0 Å². The number of ether oxygens (including phenoxy) is 1. The van der Waals surface area contributed by atoms with E-state index in [0.29, 0.717) is 42.1 Å². The number of allylic oxidation sites excluding steroid dienone is 1. The van der Waals surface area contributed by atoms with Crippen LogP contribution >= 0.6 is 0 Å². The highest BCUT2D eigenvalue weighted by Gasteiger charge is 2.67. The molecule has 234 valence electrons. The number of aliphatic hydroxyl groups is 1. The van der Waals surface area contributed by atoms with E-state index in [-0.39, 0.29) is 35.1 Å². The van der Waals surface area contributed by atoms with E-state index in [1.54, 1.807) is 0 Å². The summed E-state index contributed by atoms with van der Waals surface area (Å²) in [5.41, 5.74) is 5.81. The van der Waals surface area contributed by atoms with Crippen molar-refractivity contribution in [3.8, 4) is 17.2 Å². The summed E-state index contributed by atoms with van der Waals surface area (Å²) in [5, 5.41) is 21.7. The third kappa shape index (κ3) is 4.83. The van der Waals surface area contributed by atoms with Crippen LogP contribution in [0.15, 0.2) is 66.3 Å². The van der Waals surface area contributed by atoms with E-state index in [0.717, 1.165) is 56.1 Å². The fourth-order valence-electron chi connectivity index (χ4n) is 10.6. The van der Waals surface area contributed by atoms with Gasteiger partial charge in [0.15, 0.2) is 5.78 Å². The van der Waals surface area contributed by atoms with Gasteiger partial charge in [0.05, 0.1) is 17.2 Å². The SMILES string of the molecule is CC(C)CC(=O)OC/C=C\[C@]1(O)CC[C@H]2[C@@H]3CCC4=CC(=O)CC[C@@]45Cc4cc(-c6ccc(C#N)cc6)ccc4[C@@H](C[C@@]21C)[C@@H]35. The number of hydrogen-bond acceptors (Lipinski definition) is 5. The van der Waals surface area contributed by atoms with Crippen LogP contribution in [0.2, 0.25) is 0 Å². The van der Waals surface area contributed by atoms with Crippen molar-refractivity contribution in [3.63, 3.8) is 0 Å². The molecular formula is C40H45NO4. The van der Waals surface area contributed by atoms with Crippen LogP contribution in [0, 0.1) is 45.8 Å². The summed E-state index contributed by atoms with van der Waals surface area (Å²) in [6, 6.07) is 17.0. The number of fused-ring (bicyclic) bond motifs is 4. The third-order valence-corrected chi connectivity index (χ3v) is 12.6. The van der Waals surface area contributed by atoms with Crippen molar-refractivity contribution in [1.82, 2.24) is 0 Å². The summed E-state index contributed by atoms with van der Waals surface area (Å²) in [7, 11) is 0. The van der Waals surface area contributed by atoms with Gasteiger partial charge in [0.2, 0.25) is 0 Å². The molecule has 1 spiro atoms. The molecule has 7 rings (SSSR count). The molecular weight excluding hydrogens is 558 g/mol. The van der Waals surface area contributed by atoms with Crippen molar-refractivity contribution < 1.29 is 19.4 Å². The molecule has 0 radical (unpaired) electrons. The van der Waals surface area contributed by atoms with Crippen molar-refractivity contribution in [2.45, 2.75) is 90.1 Å². The lowest BCUT2D eigenvalue weighted by molar-refractivity contribution is -0.143. The average Bonchev–Trinajstić information content (AvgIpc) is 3.28. The van der Waals surface area contributed by atoms with Crippen LogP contribution < -0.4 is 0 Å². The van der Waals surface area contributed by atoms with Gasteiger partial charge >= 0.3 is 5.97 Å². The molecule has 0 amide bonds. The molecule has 1 N–H and O–H groups in total. The van der Waals surface area contributed by atoms with Gasteiger partial charge in [0, 0.05) is 18.3 Å². The lowest BCUT2D eigenvalue weighted by Gasteiger charge is -2.65. The van der Waals surface area contributed by atoms with Crippen LogP contribution in [0.4, 0.5) is 0 Å². The lowest BCUT2D eigenvalue weighted by atomic mass is 9.39. The van der Waals surface area contributed by atoms with Crippen LogP contribution in [0.25, 0.3) is 11.1 Å². The second-order valence-corrected chi connectivity index (χ2v) is 15.3. The second-order valence-electron chi connectivity index (χ2n) is 15.3. The van der Waals surface area contributed by atoms with Crippen LogP contribution in [-0.2, 0) is 20.7 Å². The highest BCUT2D eigenvalue weighted by atomic mass is 16.5. The summed E-state index contributed by atoms with van der Waals surface area (Å²) in [5.74, 6) is 2.01. The number of carbonyl (C=O) groups excluding carboxylic acids is 2. The maximum atomic E-state index is 12.7. The molecule has 0 bridgehead atoms. The van der Waals surface area contributed by atoms with Crippen molar-refractivity contribution in [2.75, 3.05) is 6.61 Å². The minimum atomic E-state index is -0.959. The van der Waals surface area contributed by atoms with Crippen LogP contribution in [-0.4, -0.2) is 29.1 Å². The molecule has 3 saturated carbocycles. The molecule has 5 nitrogen and oxygen atoms in total. The fraction of sp³-hybridized carbons (Fsp3) is 0.525. The Morgan fingerprint density at radius 3 is 2.64 bits per heavy atom. The molecule has 5 heteroatoms. The van der Waals surface area contributed by atoms with E-state index in [9.17, 15) is 20.0 Å². The fourth-order valence-corrected chi connectivity index (χ4v) is 10.6. The van der Waals surface area contributed by atoms with Crippen molar-refractivity contribution in [1.29, 1.82) is 5.26 Å². The first kappa shape index (κ1) is 30.2. The van der Waals surface area contributed by atoms with Crippen LogP contribution in [0.3, 0.4) is 0 Å². The van der Waals surface area contributed by atoms with Gasteiger partial charge in [0.1, 0.15) is 6.61 Å². The van der Waals surface area contributed by atoms with E-state index in [1.165, 1.54) is 16.7 Å². The molecule has 5 aliphatic rings. The van der Waals surface area contributed by atoms with E-state index < -0.39 is 5.60 Å². The van der Waals surface area contributed by atoms with Gasteiger partial charge in [-0.25, -0.2) is 0 Å². The molecule has 0 aromatic heterocycles. The van der Waals surface area contributed by atoms with Crippen molar-refractivity contribution >= 4 is 11.8 Å². The maximum Gasteiger partial charge on any atom is 0.306 e. The summed E-state index contributed by atoms with van der Waals surface area (Å²) >= 11 is 0. The first-order chi connectivity index (χ1) is 21.6. The summed E-state index contributed by atoms with van der Waals surface area (Å²) in [6.45, 7) is 6.52. The Kier molecular flexibility index (Phi) is 7.44. The number of ketones is 1. The molecule has 2 aromatic rings. The van der Waals surface area contributed by atoms with Gasteiger partial charge in [-0.2, -0.15) is 5.26 Å². The number of hydrogen-bond donors (Lipinski definition) is 1. The van der Waals surface area contributed by atoms with E-state index in [4.69, 9.17) is 4.74 Å². The molecule has 0 unspecified atom stereocenters. The van der Waals surface area contributed by atoms with Gasteiger partial charge in [0.25, 0.3) is 0 Å². The molecule has 7 atom stereocenters. The normalized spacial score (nSPS) is 34.8. The molecule has 0 aliphatic heterocycles. The monoisotopic (exact) mass is 603 g/mol. The predicted molar refractivity (Wildman–Crippen MR) is 174 cm³/mol. The standard InChI is InChI=1S/C40H45NO4/c1-25(2)19-36(43)45-18-4-15-40(44)17-14-35-33-12-10-30-21-31(42)13-16-39(30)22-29-20-28(27-7-5-26(24-41)6-8-27)9-11-32(29)34(37(33)39)23-38(35,40)3/h4-9,11,15,20-21,25,33-35,37,44H,10,12-14,16-19,22-23H2,1-3H3/b15-4-/t33-,34+,35-,37+,38-,39+,40-/m0/s1.